The predicted octanol–water partition coefficient (Wildman–Crippen LogP) is 5.54. The van der Waals surface area contributed by atoms with Gasteiger partial charge in [-0.1, -0.05) is 35.5 Å². The number of rotatable bonds is 7. The minimum atomic E-state index is -0.139. The lowest BCUT2D eigenvalue weighted by atomic mass is 9.98. The van der Waals surface area contributed by atoms with E-state index in [0.717, 1.165) is 48.5 Å². The molecule has 0 N–H and O–H groups in total. The highest BCUT2D eigenvalue weighted by Crippen LogP contribution is 2.26. The van der Waals surface area contributed by atoms with Crippen molar-refractivity contribution in [1.29, 1.82) is 0 Å². The first-order valence-electron chi connectivity index (χ1n) is 11.6. The Bertz CT molecular complexity index is 1260. The molecule has 1 aliphatic heterocycles. The summed E-state index contributed by atoms with van der Waals surface area (Å²) in [6.07, 6.45) is 2.18. The van der Waals surface area contributed by atoms with Crippen LogP contribution in [0.15, 0.2) is 71.3 Å². The minimum Gasteiger partial charge on any atom is -0.493 e. The second-order valence-electron chi connectivity index (χ2n) is 8.76. The van der Waals surface area contributed by atoms with Crippen molar-refractivity contribution in [3.05, 3.63) is 83.8 Å². The van der Waals surface area contributed by atoms with E-state index in [4.69, 9.17) is 9.26 Å². The lowest BCUT2D eigenvalue weighted by molar-refractivity contribution is 0.124. The summed E-state index contributed by atoms with van der Waals surface area (Å²) in [5, 5.41) is 4.08. The molecule has 0 bridgehead atoms. The van der Waals surface area contributed by atoms with Crippen LogP contribution in [0.3, 0.4) is 0 Å². The van der Waals surface area contributed by atoms with E-state index in [1.165, 1.54) is 6.07 Å². The van der Waals surface area contributed by atoms with E-state index in [0.29, 0.717) is 36.5 Å². The highest BCUT2D eigenvalue weighted by atomic mass is 19.1. The molecule has 4 aromatic rings. The number of aromatic nitrogens is 3. The van der Waals surface area contributed by atoms with E-state index in [1.54, 1.807) is 6.07 Å². The molecule has 174 valence electrons. The SMILES string of the molecule is Cc1cccc(-c2noc(-c3cccc(OCC4CCCN(Cc5ccccc5F)C4)c3)n2)n1. The molecule has 5 rings (SSSR count). The number of benzene rings is 2. The summed E-state index contributed by atoms with van der Waals surface area (Å²) in [7, 11) is 0. The first-order chi connectivity index (χ1) is 16.6. The fraction of sp³-hybridized carbons (Fsp3) is 0.296. The zero-order valence-corrected chi connectivity index (χ0v) is 19.2. The van der Waals surface area contributed by atoms with E-state index < -0.39 is 0 Å². The van der Waals surface area contributed by atoms with Gasteiger partial charge in [0.15, 0.2) is 0 Å². The van der Waals surface area contributed by atoms with Crippen LogP contribution in [0.4, 0.5) is 4.39 Å². The fourth-order valence-electron chi connectivity index (χ4n) is 4.34. The molecule has 0 saturated carbocycles. The third-order valence-corrected chi connectivity index (χ3v) is 6.07. The molecule has 1 saturated heterocycles. The van der Waals surface area contributed by atoms with Crippen molar-refractivity contribution in [1.82, 2.24) is 20.0 Å². The molecule has 0 amide bonds. The van der Waals surface area contributed by atoms with Gasteiger partial charge < -0.3 is 9.26 Å². The van der Waals surface area contributed by atoms with Gasteiger partial charge in [-0.05, 0) is 62.7 Å². The molecule has 1 atom stereocenters. The zero-order chi connectivity index (χ0) is 23.3. The average molecular weight is 459 g/mol. The standard InChI is InChI=1S/C27H27FN4O2/c1-19-7-4-13-25(29-19)26-30-27(34-31-26)21-10-5-11-23(15-21)33-18-20-8-6-14-32(16-20)17-22-9-2-3-12-24(22)28/h2-5,7,9-13,15,20H,6,8,14,16-18H2,1H3. The van der Waals surface area contributed by atoms with Crippen LogP contribution in [-0.2, 0) is 6.54 Å². The smallest absolute Gasteiger partial charge is 0.258 e. The Morgan fingerprint density at radius 1 is 1.06 bits per heavy atom. The molecule has 2 aromatic heterocycles. The number of hydrogen-bond donors (Lipinski definition) is 0. The Morgan fingerprint density at radius 2 is 1.94 bits per heavy atom. The molecule has 1 unspecified atom stereocenters. The van der Waals surface area contributed by atoms with Crippen LogP contribution in [0.5, 0.6) is 5.75 Å². The van der Waals surface area contributed by atoms with Crippen LogP contribution < -0.4 is 4.74 Å². The van der Waals surface area contributed by atoms with E-state index in [-0.39, 0.29) is 5.82 Å². The van der Waals surface area contributed by atoms with Crippen LogP contribution in [0.25, 0.3) is 23.0 Å². The second-order valence-corrected chi connectivity index (χ2v) is 8.76. The van der Waals surface area contributed by atoms with Crippen molar-refractivity contribution in [3.63, 3.8) is 0 Å². The van der Waals surface area contributed by atoms with Gasteiger partial charge in [-0.25, -0.2) is 9.37 Å². The number of pyridine rings is 1. The number of likely N-dealkylation sites (tertiary alicyclic amines) is 1. The van der Waals surface area contributed by atoms with E-state index in [2.05, 4.69) is 20.0 Å². The Labute approximate surface area is 198 Å². The summed E-state index contributed by atoms with van der Waals surface area (Å²) < 4.78 is 25.6. The molecular formula is C27H27FN4O2. The molecular weight excluding hydrogens is 431 g/mol. The van der Waals surface area contributed by atoms with Gasteiger partial charge in [0, 0.05) is 35.8 Å². The van der Waals surface area contributed by atoms with Crippen molar-refractivity contribution < 1.29 is 13.7 Å². The average Bonchev–Trinajstić information content (AvgIpc) is 3.35. The van der Waals surface area contributed by atoms with Crippen molar-refractivity contribution in [3.8, 4) is 28.7 Å². The summed E-state index contributed by atoms with van der Waals surface area (Å²) in [6, 6.07) is 20.4. The maximum Gasteiger partial charge on any atom is 0.258 e. The minimum absolute atomic E-state index is 0.139. The molecule has 1 fully saturated rings. The van der Waals surface area contributed by atoms with Gasteiger partial charge in [-0.3, -0.25) is 4.90 Å². The van der Waals surface area contributed by atoms with Crippen molar-refractivity contribution >= 4 is 0 Å². The van der Waals surface area contributed by atoms with Gasteiger partial charge in [0.2, 0.25) is 5.82 Å². The summed E-state index contributed by atoms with van der Waals surface area (Å²) in [5.41, 5.74) is 3.12. The number of ether oxygens (including phenoxy) is 1. The first-order valence-corrected chi connectivity index (χ1v) is 11.6. The van der Waals surface area contributed by atoms with Gasteiger partial charge in [-0.2, -0.15) is 4.98 Å². The number of aryl methyl sites for hydroxylation is 1. The molecule has 0 spiro atoms. The van der Waals surface area contributed by atoms with Gasteiger partial charge in [-0.15, -0.1) is 0 Å². The predicted molar refractivity (Wildman–Crippen MR) is 128 cm³/mol. The summed E-state index contributed by atoms with van der Waals surface area (Å²) in [6.45, 7) is 5.05. The molecule has 0 aliphatic carbocycles. The van der Waals surface area contributed by atoms with Gasteiger partial charge in [0.1, 0.15) is 17.3 Å². The highest BCUT2D eigenvalue weighted by Gasteiger charge is 2.21. The van der Waals surface area contributed by atoms with E-state index in [1.807, 2.05) is 61.5 Å². The van der Waals surface area contributed by atoms with Crippen molar-refractivity contribution in [2.75, 3.05) is 19.7 Å². The molecule has 34 heavy (non-hydrogen) atoms. The molecule has 3 heterocycles. The summed E-state index contributed by atoms with van der Waals surface area (Å²) >= 11 is 0. The van der Waals surface area contributed by atoms with Gasteiger partial charge in [0.05, 0.1) is 6.61 Å². The molecule has 2 aromatic carbocycles. The van der Waals surface area contributed by atoms with Gasteiger partial charge in [0.25, 0.3) is 5.89 Å². The molecule has 7 heteroatoms. The monoisotopic (exact) mass is 458 g/mol. The zero-order valence-electron chi connectivity index (χ0n) is 19.2. The highest BCUT2D eigenvalue weighted by molar-refractivity contribution is 5.59. The van der Waals surface area contributed by atoms with Crippen LogP contribution in [0.2, 0.25) is 0 Å². The number of nitrogens with zero attached hydrogens (tertiary/aromatic N) is 4. The largest absolute Gasteiger partial charge is 0.493 e. The molecule has 6 nitrogen and oxygen atoms in total. The summed E-state index contributed by atoms with van der Waals surface area (Å²) in [4.78, 5) is 11.3. The third kappa shape index (κ3) is 5.31. The Kier molecular flexibility index (Phi) is 6.62. The van der Waals surface area contributed by atoms with Crippen molar-refractivity contribution in [2.45, 2.75) is 26.3 Å². The van der Waals surface area contributed by atoms with Crippen molar-refractivity contribution in [2.24, 2.45) is 5.92 Å². The number of hydrogen-bond acceptors (Lipinski definition) is 6. The second kappa shape index (κ2) is 10.1. The Hall–Kier alpha value is -3.58. The molecule has 0 radical (unpaired) electrons. The Balaban J connectivity index is 1.20. The number of piperidine rings is 1. The lowest BCUT2D eigenvalue weighted by Crippen LogP contribution is -2.37. The third-order valence-electron chi connectivity index (χ3n) is 6.07. The molecule has 1 aliphatic rings. The van der Waals surface area contributed by atoms with Gasteiger partial charge >= 0.3 is 0 Å². The van der Waals surface area contributed by atoms with Crippen LogP contribution in [0.1, 0.15) is 24.1 Å². The quantitative estimate of drug-likeness (QED) is 0.362. The summed E-state index contributed by atoms with van der Waals surface area (Å²) in [5.74, 6) is 1.91. The van der Waals surface area contributed by atoms with Crippen LogP contribution in [0, 0.1) is 18.7 Å². The van der Waals surface area contributed by atoms with E-state index in [9.17, 15) is 4.39 Å². The topological polar surface area (TPSA) is 64.3 Å². The number of halogens is 1. The maximum atomic E-state index is 14.0. The first kappa shape index (κ1) is 22.2. The van der Waals surface area contributed by atoms with E-state index >= 15 is 0 Å². The Morgan fingerprint density at radius 3 is 2.82 bits per heavy atom. The van der Waals surface area contributed by atoms with Crippen LogP contribution >= 0.6 is 0 Å². The maximum absolute atomic E-state index is 14.0. The normalized spacial score (nSPS) is 16.5. The fourth-order valence-corrected chi connectivity index (χ4v) is 4.34. The lowest BCUT2D eigenvalue weighted by Gasteiger charge is -2.32. The van der Waals surface area contributed by atoms with Crippen LogP contribution in [-0.4, -0.2) is 39.7 Å².